The van der Waals surface area contributed by atoms with Gasteiger partial charge in [0.15, 0.2) is 0 Å². The first-order valence-corrected chi connectivity index (χ1v) is 5.84. The molecule has 2 nitrogen and oxygen atoms in total. The van der Waals surface area contributed by atoms with Crippen LogP contribution in [0, 0.1) is 4.64 Å². The largest absolute Gasteiger partial charge is 0.334 e. The van der Waals surface area contributed by atoms with Crippen LogP contribution in [0.3, 0.4) is 0 Å². The fourth-order valence-corrected chi connectivity index (χ4v) is 1.83. The summed E-state index contributed by atoms with van der Waals surface area (Å²) in [6.07, 6.45) is 2.95. The molecule has 0 saturated carbocycles. The highest BCUT2D eigenvalue weighted by Crippen LogP contribution is 2.17. The maximum Gasteiger partial charge on any atom is 0.117 e. The molecule has 1 rings (SSSR count). The number of rotatable bonds is 4. The predicted molar refractivity (Wildman–Crippen MR) is 60.5 cm³/mol. The van der Waals surface area contributed by atoms with Crippen LogP contribution in [0.2, 0.25) is 0 Å². The molecule has 0 radical (unpaired) electrons. The standard InChI is InChI=1S/C9H14N2S2/c1-3-7(2)13-6-8-10-5-4-9(12)11-8/h4-5,7H,3,6H2,1-2H3,(H,10,11,12). The highest BCUT2D eigenvalue weighted by atomic mass is 32.2. The third-order valence-corrected chi connectivity index (χ3v) is 3.38. The van der Waals surface area contributed by atoms with Crippen LogP contribution < -0.4 is 0 Å². The maximum absolute atomic E-state index is 5.00. The van der Waals surface area contributed by atoms with E-state index in [1.54, 1.807) is 12.3 Å². The lowest BCUT2D eigenvalue weighted by Gasteiger charge is -2.06. The average molecular weight is 214 g/mol. The van der Waals surface area contributed by atoms with E-state index in [1.807, 2.05) is 11.8 Å². The molecule has 1 aromatic rings. The molecule has 1 heterocycles. The van der Waals surface area contributed by atoms with E-state index >= 15 is 0 Å². The van der Waals surface area contributed by atoms with E-state index in [0.717, 1.165) is 16.2 Å². The van der Waals surface area contributed by atoms with Gasteiger partial charge in [-0.3, -0.25) is 0 Å². The maximum atomic E-state index is 5.00. The molecule has 0 aromatic carbocycles. The van der Waals surface area contributed by atoms with Gasteiger partial charge in [0.05, 0.1) is 5.75 Å². The van der Waals surface area contributed by atoms with Crippen LogP contribution in [0.25, 0.3) is 0 Å². The molecule has 0 saturated heterocycles. The number of nitrogens with one attached hydrogen (secondary N) is 1. The van der Waals surface area contributed by atoms with Crippen molar-refractivity contribution < 1.29 is 0 Å². The van der Waals surface area contributed by atoms with Crippen LogP contribution in [0.15, 0.2) is 12.3 Å². The molecule has 13 heavy (non-hydrogen) atoms. The van der Waals surface area contributed by atoms with Crippen molar-refractivity contribution in [2.75, 3.05) is 0 Å². The minimum absolute atomic E-state index is 0.684. The van der Waals surface area contributed by atoms with Crippen molar-refractivity contribution in [1.82, 2.24) is 9.97 Å². The second kappa shape index (κ2) is 5.40. The van der Waals surface area contributed by atoms with Gasteiger partial charge in [-0.1, -0.05) is 26.1 Å². The SMILES string of the molecule is CCC(C)SCc1nccc(=S)[nH]1. The van der Waals surface area contributed by atoms with Gasteiger partial charge in [-0.25, -0.2) is 4.98 Å². The Morgan fingerprint density at radius 1 is 1.69 bits per heavy atom. The second-order valence-electron chi connectivity index (χ2n) is 2.91. The van der Waals surface area contributed by atoms with E-state index in [1.165, 1.54) is 6.42 Å². The van der Waals surface area contributed by atoms with Crippen LogP contribution in [0.5, 0.6) is 0 Å². The van der Waals surface area contributed by atoms with Gasteiger partial charge >= 0.3 is 0 Å². The Morgan fingerprint density at radius 2 is 2.46 bits per heavy atom. The van der Waals surface area contributed by atoms with Crippen LogP contribution in [-0.4, -0.2) is 15.2 Å². The van der Waals surface area contributed by atoms with E-state index in [2.05, 4.69) is 23.8 Å². The average Bonchev–Trinajstić information content (AvgIpc) is 2.14. The number of aromatic amines is 1. The Morgan fingerprint density at radius 3 is 3.08 bits per heavy atom. The van der Waals surface area contributed by atoms with Crippen LogP contribution in [0.4, 0.5) is 0 Å². The first kappa shape index (κ1) is 10.7. The molecule has 72 valence electrons. The fourth-order valence-electron chi connectivity index (χ4n) is 0.823. The molecule has 1 aromatic heterocycles. The van der Waals surface area contributed by atoms with Gasteiger partial charge in [0.25, 0.3) is 0 Å². The number of H-pyrrole nitrogens is 1. The van der Waals surface area contributed by atoms with Crippen molar-refractivity contribution in [3.05, 3.63) is 22.7 Å². The summed E-state index contributed by atoms with van der Waals surface area (Å²) in [6.45, 7) is 4.42. The van der Waals surface area contributed by atoms with Crippen LogP contribution in [-0.2, 0) is 5.75 Å². The van der Waals surface area contributed by atoms with Gasteiger partial charge in [-0.15, -0.1) is 0 Å². The zero-order valence-electron chi connectivity index (χ0n) is 7.91. The lowest BCUT2D eigenvalue weighted by atomic mass is 10.4. The zero-order chi connectivity index (χ0) is 9.68. The number of hydrogen-bond acceptors (Lipinski definition) is 3. The summed E-state index contributed by atoms with van der Waals surface area (Å²) in [5, 5.41) is 0.684. The zero-order valence-corrected chi connectivity index (χ0v) is 9.54. The molecule has 0 spiro atoms. The second-order valence-corrected chi connectivity index (χ2v) is 4.78. The smallest absolute Gasteiger partial charge is 0.117 e. The Labute approximate surface area is 88.2 Å². The number of nitrogens with zero attached hydrogens (tertiary/aromatic N) is 1. The topological polar surface area (TPSA) is 28.7 Å². The molecule has 0 aliphatic carbocycles. The van der Waals surface area contributed by atoms with Gasteiger partial charge in [-0.05, 0) is 12.5 Å². The summed E-state index contributed by atoms with van der Waals surface area (Å²) in [5.74, 6) is 1.89. The molecular formula is C9H14N2S2. The highest BCUT2D eigenvalue weighted by Gasteiger charge is 2.00. The van der Waals surface area contributed by atoms with Gasteiger partial charge in [0, 0.05) is 11.4 Å². The number of thioether (sulfide) groups is 1. The lowest BCUT2D eigenvalue weighted by Crippen LogP contribution is -1.97. The Balaban J connectivity index is 2.50. The van der Waals surface area contributed by atoms with Crippen molar-refractivity contribution in [3.63, 3.8) is 0 Å². The van der Waals surface area contributed by atoms with E-state index in [9.17, 15) is 0 Å². The Hall–Kier alpha value is -0.350. The minimum atomic E-state index is 0.684. The monoisotopic (exact) mass is 214 g/mol. The van der Waals surface area contributed by atoms with E-state index in [0.29, 0.717) is 5.25 Å². The van der Waals surface area contributed by atoms with Crippen molar-refractivity contribution in [2.45, 2.75) is 31.3 Å². The Kier molecular flexibility index (Phi) is 4.45. The van der Waals surface area contributed by atoms with Gasteiger partial charge in [0.2, 0.25) is 0 Å². The molecule has 0 amide bonds. The lowest BCUT2D eigenvalue weighted by molar-refractivity contribution is 0.900. The first-order chi connectivity index (χ1) is 6.22. The molecule has 1 N–H and O–H groups in total. The predicted octanol–water partition coefficient (Wildman–Crippen LogP) is 3.17. The minimum Gasteiger partial charge on any atom is -0.334 e. The summed E-state index contributed by atoms with van der Waals surface area (Å²) in [5.41, 5.74) is 0. The molecule has 1 atom stereocenters. The first-order valence-electron chi connectivity index (χ1n) is 4.38. The summed E-state index contributed by atoms with van der Waals surface area (Å²) in [7, 11) is 0. The molecule has 4 heteroatoms. The quantitative estimate of drug-likeness (QED) is 0.780. The molecule has 0 bridgehead atoms. The van der Waals surface area contributed by atoms with Gasteiger partial charge in [0.1, 0.15) is 10.5 Å². The molecule has 0 fully saturated rings. The van der Waals surface area contributed by atoms with E-state index < -0.39 is 0 Å². The summed E-state index contributed by atoms with van der Waals surface area (Å²) in [4.78, 5) is 7.27. The molecule has 1 unspecified atom stereocenters. The molecule has 0 aliphatic heterocycles. The number of hydrogen-bond donors (Lipinski definition) is 1. The summed E-state index contributed by atoms with van der Waals surface area (Å²) >= 11 is 6.90. The Bertz CT molecular complexity index is 308. The van der Waals surface area contributed by atoms with Crippen molar-refractivity contribution in [3.8, 4) is 0 Å². The normalized spacial score (nSPS) is 12.8. The molecule has 0 aliphatic rings. The third-order valence-electron chi connectivity index (χ3n) is 1.80. The van der Waals surface area contributed by atoms with Crippen molar-refractivity contribution >= 4 is 24.0 Å². The highest BCUT2D eigenvalue weighted by molar-refractivity contribution is 7.99. The summed E-state index contributed by atoms with van der Waals surface area (Å²) < 4.78 is 0.759. The van der Waals surface area contributed by atoms with Crippen LogP contribution >= 0.6 is 24.0 Å². The number of aromatic nitrogens is 2. The van der Waals surface area contributed by atoms with E-state index in [-0.39, 0.29) is 0 Å². The summed E-state index contributed by atoms with van der Waals surface area (Å²) in [6, 6.07) is 1.80. The van der Waals surface area contributed by atoms with Crippen molar-refractivity contribution in [1.29, 1.82) is 0 Å². The third kappa shape index (κ3) is 3.91. The van der Waals surface area contributed by atoms with Gasteiger partial charge in [-0.2, -0.15) is 11.8 Å². The van der Waals surface area contributed by atoms with Crippen molar-refractivity contribution in [2.24, 2.45) is 0 Å². The van der Waals surface area contributed by atoms with Gasteiger partial charge < -0.3 is 4.98 Å². The fraction of sp³-hybridized carbons (Fsp3) is 0.556. The molecular weight excluding hydrogens is 200 g/mol. The van der Waals surface area contributed by atoms with E-state index in [4.69, 9.17) is 12.2 Å². The van der Waals surface area contributed by atoms with Crippen LogP contribution in [0.1, 0.15) is 26.1 Å².